The van der Waals surface area contributed by atoms with Crippen molar-refractivity contribution in [3.8, 4) is 23.0 Å². The Morgan fingerprint density at radius 3 is 2.09 bits per heavy atom. The van der Waals surface area contributed by atoms with E-state index < -0.39 is 117 Å². The second-order valence-corrected chi connectivity index (χ2v) is 12.8. The minimum Gasteiger partial charge on any atom is -0.504 e. The lowest BCUT2D eigenvalue weighted by Gasteiger charge is -2.49. The van der Waals surface area contributed by atoms with Crippen LogP contribution in [0.5, 0.6) is 23.0 Å². The minimum absolute atomic E-state index is 0.116. The molecule has 11 N–H and O–H groups in total. The molecule has 3 heterocycles. The number of ether oxygens (including phenoxy) is 7. The van der Waals surface area contributed by atoms with Crippen molar-refractivity contribution in [1.29, 1.82) is 0 Å². The van der Waals surface area contributed by atoms with E-state index >= 15 is 0 Å². The fraction of sp³-hybridized carbons (Fsp3) is 0.559. The summed E-state index contributed by atoms with van der Waals surface area (Å²) >= 11 is 0. The molecule has 0 saturated carbocycles. The average molecular weight is 757 g/mol. The lowest BCUT2D eigenvalue weighted by atomic mass is 9.96. The molecular weight excluding hydrogens is 712 g/mol. The maximum atomic E-state index is 13.2. The van der Waals surface area contributed by atoms with Crippen LogP contribution in [0.3, 0.4) is 0 Å². The molecule has 0 aliphatic carbocycles. The standard InChI is InChI=1S/C34H44O19/c1-14-24(42)26(44)28(46)33(49-14)52-30-29(51-23(41)7-4-15-2-5-17(36)19(38)10-15)22(12-35)50-34(47-9-8-16-3-6-18(37)20(39)11-16)31(30)53-32-27(45)25(43)21(40)13-48-32/h2-7,10-11,14,21-22,24-40,42-46H,8-9,12-13H2,1H3/b7-4+/t14-,21-,22+,24-,25+,26+,27+,28-,29+,30-,31+,32+,33+,34+/m1/s1. The maximum Gasteiger partial charge on any atom is 0.331 e. The van der Waals surface area contributed by atoms with Crippen molar-refractivity contribution in [2.45, 2.75) is 99.4 Å². The van der Waals surface area contributed by atoms with Gasteiger partial charge < -0.3 is 89.3 Å². The Morgan fingerprint density at radius 2 is 1.42 bits per heavy atom. The molecule has 294 valence electrons. The van der Waals surface area contributed by atoms with Crippen molar-refractivity contribution in [2.24, 2.45) is 0 Å². The van der Waals surface area contributed by atoms with E-state index in [-0.39, 0.29) is 30.1 Å². The molecule has 19 nitrogen and oxygen atoms in total. The Labute approximate surface area is 302 Å². The quantitative estimate of drug-likeness (QED) is 0.0603. The number of esters is 1. The molecule has 3 fully saturated rings. The van der Waals surface area contributed by atoms with Crippen LogP contribution in [0.4, 0.5) is 0 Å². The topological polar surface area (TPSA) is 304 Å². The third-order valence-electron chi connectivity index (χ3n) is 8.99. The van der Waals surface area contributed by atoms with Crippen LogP contribution in [0.1, 0.15) is 18.1 Å². The molecule has 3 saturated heterocycles. The summed E-state index contributed by atoms with van der Waals surface area (Å²) in [5, 5.41) is 112. The van der Waals surface area contributed by atoms with Gasteiger partial charge in [0.05, 0.1) is 25.9 Å². The van der Waals surface area contributed by atoms with Gasteiger partial charge in [0.25, 0.3) is 0 Å². The Kier molecular flexibility index (Phi) is 13.5. The van der Waals surface area contributed by atoms with Gasteiger partial charge in [-0.25, -0.2) is 4.79 Å². The molecule has 5 rings (SSSR count). The number of hydrogen-bond donors (Lipinski definition) is 11. The van der Waals surface area contributed by atoms with Crippen LogP contribution in [-0.4, -0.2) is 168 Å². The summed E-state index contributed by atoms with van der Waals surface area (Å²) < 4.78 is 40.9. The number of rotatable bonds is 12. The van der Waals surface area contributed by atoms with Crippen molar-refractivity contribution in [1.82, 2.24) is 0 Å². The summed E-state index contributed by atoms with van der Waals surface area (Å²) in [6.45, 7) is -0.101. The van der Waals surface area contributed by atoms with Gasteiger partial charge in [0.1, 0.15) is 54.9 Å². The monoisotopic (exact) mass is 756 g/mol. The van der Waals surface area contributed by atoms with Crippen molar-refractivity contribution in [3.63, 3.8) is 0 Å². The van der Waals surface area contributed by atoms with Crippen LogP contribution in [-0.2, 0) is 44.4 Å². The largest absolute Gasteiger partial charge is 0.504 e. The van der Waals surface area contributed by atoms with Gasteiger partial charge in [-0.05, 0) is 54.8 Å². The number of aliphatic hydroxyl groups is 7. The van der Waals surface area contributed by atoms with Crippen molar-refractivity contribution < 1.29 is 94.1 Å². The predicted octanol–water partition coefficient (Wildman–Crippen LogP) is -2.55. The second-order valence-electron chi connectivity index (χ2n) is 12.8. The van der Waals surface area contributed by atoms with Crippen molar-refractivity contribution in [3.05, 3.63) is 53.6 Å². The summed E-state index contributed by atoms with van der Waals surface area (Å²) in [4.78, 5) is 13.2. The zero-order valence-corrected chi connectivity index (χ0v) is 28.2. The fourth-order valence-electron chi connectivity index (χ4n) is 5.93. The van der Waals surface area contributed by atoms with Crippen LogP contribution in [0, 0.1) is 0 Å². The molecule has 14 atom stereocenters. The van der Waals surface area contributed by atoms with E-state index in [1.165, 1.54) is 49.4 Å². The molecule has 2 aromatic carbocycles. The Morgan fingerprint density at radius 1 is 0.755 bits per heavy atom. The van der Waals surface area contributed by atoms with Crippen molar-refractivity contribution in [2.75, 3.05) is 19.8 Å². The van der Waals surface area contributed by atoms with Crippen LogP contribution >= 0.6 is 0 Å². The number of carbonyl (C=O) groups is 1. The van der Waals surface area contributed by atoms with E-state index in [9.17, 15) is 61.0 Å². The lowest BCUT2D eigenvalue weighted by molar-refractivity contribution is -0.385. The molecule has 0 aromatic heterocycles. The molecule has 3 aliphatic rings. The van der Waals surface area contributed by atoms with E-state index in [0.717, 1.165) is 6.08 Å². The SMILES string of the molecule is C[C@H]1O[C@@H](O[C@H]2[C@H](O[C@@H]3OC[C@@H](O)[C@H](O)[C@@H]3O)[C@@H](OCCc3ccc(O)c(O)c3)O[C@@H](CO)[C@@H]2OC(=O)/C=C/c2ccc(O)c(O)c2)[C@H](O)[C@@H](O)[C@@H]1O. The number of benzene rings is 2. The summed E-state index contributed by atoms with van der Waals surface area (Å²) in [5.74, 6) is -2.64. The Bertz CT molecular complexity index is 1560. The van der Waals surface area contributed by atoms with E-state index in [2.05, 4.69) is 0 Å². The number of aliphatic hydroxyl groups excluding tert-OH is 7. The van der Waals surface area contributed by atoms with Gasteiger partial charge in [0, 0.05) is 6.08 Å². The third kappa shape index (κ3) is 9.53. The molecular formula is C34H44O19. The zero-order chi connectivity index (χ0) is 38.6. The molecule has 2 aromatic rings. The highest BCUT2D eigenvalue weighted by Gasteiger charge is 2.55. The number of aromatic hydroxyl groups is 4. The third-order valence-corrected chi connectivity index (χ3v) is 8.99. The summed E-state index contributed by atoms with van der Waals surface area (Å²) in [6.07, 6.45) is -20.4. The fourth-order valence-corrected chi connectivity index (χ4v) is 5.93. The smallest absolute Gasteiger partial charge is 0.331 e. The van der Waals surface area contributed by atoms with Crippen LogP contribution in [0.15, 0.2) is 42.5 Å². The van der Waals surface area contributed by atoms with Gasteiger partial charge in [-0.15, -0.1) is 0 Å². The van der Waals surface area contributed by atoms with Gasteiger partial charge in [-0.3, -0.25) is 0 Å². The van der Waals surface area contributed by atoms with Gasteiger partial charge >= 0.3 is 5.97 Å². The van der Waals surface area contributed by atoms with E-state index in [4.69, 9.17) is 33.2 Å². The molecule has 0 unspecified atom stereocenters. The van der Waals surface area contributed by atoms with Crippen LogP contribution in [0.25, 0.3) is 6.08 Å². The molecule has 0 spiro atoms. The molecule has 53 heavy (non-hydrogen) atoms. The van der Waals surface area contributed by atoms with E-state index in [1.54, 1.807) is 0 Å². The summed E-state index contributed by atoms with van der Waals surface area (Å²) in [6, 6.07) is 7.81. The number of carbonyl (C=O) groups excluding carboxylic acids is 1. The Hall–Kier alpha value is -3.67. The first-order valence-corrected chi connectivity index (χ1v) is 16.6. The van der Waals surface area contributed by atoms with Gasteiger partial charge in [0.15, 0.2) is 48.0 Å². The number of hydrogen-bond acceptors (Lipinski definition) is 19. The molecule has 0 radical (unpaired) electrons. The first kappa shape index (κ1) is 40.5. The minimum atomic E-state index is -1.88. The second kappa shape index (κ2) is 17.6. The molecule has 3 aliphatic heterocycles. The normalized spacial score (nSPS) is 36.4. The molecule has 0 bridgehead atoms. The number of phenolic OH excluding ortho intramolecular Hbond substituents is 4. The first-order valence-electron chi connectivity index (χ1n) is 16.6. The van der Waals surface area contributed by atoms with Crippen LogP contribution in [0.2, 0.25) is 0 Å². The maximum absolute atomic E-state index is 13.2. The predicted molar refractivity (Wildman–Crippen MR) is 174 cm³/mol. The zero-order valence-electron chi connectivity index (χ0n) is 28.2. The lowest BCUT2D eigenvalue weighted by Crippen LogP contribution is -2.67. The average Bonchev–Trinajstić information content (AvgIpc) is 3.13. The highest BCUT2D eigenvalue weighted by molar-refractivity contribution is 5.87. The Balaban J connectivity index is 1.48. The highest BCUT2D eigenvalue weighted by atomic mass is 16.8. The van der Waals surface area contributed by atoms with E-state index in [0.29, 0.717) is 5.56 Å². The highest BCUT2D eigenvalue weighted by Crippen LogP contribution is 2.35. The summed E-state index contributed by atoms with van der Waals surface area (Å²) in [5.41, 5.74) is 0.800. The van der Waals surface area contributed by atoms with Gasteiger partial charge in [0.2, 0.25) is 0 Å². The van der Waals surface area contributed by atoms with Crippen molar-refractivity contribution >= 4 is 12.0 Å². The van der Waals surface area contributed by atoms with Gasteiger partial charge in [-0.1, -0.05) is 12.1 Å². The van der Waals surface area contributed by atoms with Gasteiger partial charge in [-0.2, -0.15) is 0 Å². The molecule has 0 amide bonds. The summed E-state index contributed by atoms with van der Waals surface area (Å²) in [7, 11) is 0. The van der Waals surface area contributed by atoms with E-state index in [1.807, 2.05) is 0 Å². The molecule has 19 heteroatoms. The van der Waals surface area contributed by atoms with Crippen LogP contribution < -0.4 is 0 Å². The first-order chi connectivity index (χ1) is 25.2. The number of phenols is 4.